The maximum Gasteiger partial charge on any atom is 0.241 e. The molecule has 1 atom stereocenters. The third-order valence-corrected chi connectivity index (χ3v) is 4.99. The Morgan fingerprint density at radius 3 is 2.62 bits per heavy atom. The Kier molecular flexibility index (Phi) is 6.39. The van der Waals surface area contributed by atoms with Gasteiger partial charge >= 0.3 is 0 Å². The van der Waals surface area contributed by atoms with E-state index in [2.05, 4.69) is 19.8 Å². The summed E-state index contributed by atoms with van der Waals surface area (Å²) in [7, 11) is 0. The lowest BCUT2D eigenvalue weighted by Gasteiger charge is -2.34. The van der Waals surface area contributed by atoms with Crippen LogP contribution in [0.5, 0.6) is 0 Å². The number of hydrogen-bond acceptors (Lipinski definition) is 3. The highest BCUT2D eigenvalue weighted by Gasteiger charge is 2.28. The molecule has 0 unspecified atom stereocenters. The SMILES string of the molecule is Cc1nccn1CCCNC(=O)[C@@H](c1ccc(F)cc1)N1CCCCC1. The second-order valence-corrected chi connectivity index (χ2v) is 6.86. The van der Waals surface area contributed by atoms with E-state index < -0.39 is 0 Å². The van der Waals surface area contributed by atoms with E-state index in [1.165, 1.54) is 18.6 Å². The minimum absolute atomic E-state index is 0.000797. The van der Waals surface area contributed by atoms with E-state index in [1.807, 2.05) is 13.1 Å². The zero-order valence-electron chi connectivity index (χ0n) is 15.3. The van der Waals surface area contributed by atoms with Gasteiger partial charge in [0.2, 0.25) is 5.91 Å². The Balaban J connectivity index is 1.60. The van der Waals surface area contributed by atoms with Crippen LogP contribution < -0.4 is 5.32 Å². The molecule has 2 aromatic rings. The first-order valence-electron chi connectivity index (χ1n) is 9.40. The average Bonchev–Trinajstić information content (AvgIpc) is 3.06. The Hall–Kier alpha value is -2.21. The zero-order chi connectivity index (χ0) is 18.4. The molecule has 1 amide bonds. The molecule has 1 aromatic carbocycles. The molecule has 0 spiro atoms. The summed E-state index contributed by atoms with van der Waals surface area (Å²) in [6.07, 6.45) is 7.99. The van der Waals surface area contributed by atoms with Crippen LogP contribution >= 0.6 is 0 Å². The summed E-state index contributed by atoms with van der Waals surface area (Å²) in [5, 5.41) is 3.07. The van der Waals surface area contributed by atoms with Gasteiger partial charge in [-0.05, 0) is 57.0 Å². The van der Waals surface area contributed by atoms with Crippen molar-refractivity contribution in [3.8, 4) is 0 Å². The maximum atomic E-state index is 13.3. The molecule has 1 aromatic heterocycles. The van der Waals surface area contributed by atoms with Crippen LogP contribution in [-0.2, 0) is 11.3 Å². The lowest BCUT2D eigenvalue weighted by atomic mass is 10.0. The molecule has 0 saturated carbocycles. The minimum atomic E-state index is -0.342. The van der Waals surface area contributed by atoms with Crippen LogP contribution in [0.4, 0.5) is 4.39 Å². The highest BCUT2D eigenvalue weighted by Crippen LogP contribution is 2.25. The molecule has 140 valence electrons. The second-order valence-electron chi connectivity index (χ2n) is 6.86. The number of hydrogen-bond donors (Lipinski definition) is 1. The molecule has 1 saturated heterocycles. The molecule has 1 aliphatic rings. The van der Waals surface area contributed by atoms with E-state index >= 15 is 0 Å². The fraction of sp³-hybridized carbons (Fsp3) is 0.500. The number of piperidine rings is 1. The van der Waals surface area contributed by atoms with Gasteiger partial charge in [-0.1, -0.05) is 18.6 Å². The summed E-state index contributed by atoms with van der Waals surface area (Å²) in [5.41, 5.74) is 0.858. The van der Waals surface area contributed by atoms with Gasteiger partial charge in [-0.3, -0.25) is 9.69 Å². The standard InChI is InChI=1S/C20H27FN4O/c1-16-22-11-15-24(16)14-5-10-23-20(26)19(25-12-3-2-4-13-25)17-6-8-18(21)9-7-17/h6-9,11,15,19H,2-5,10,12-14H2,1H3,(H,23,26)/t19-/m1/s1. The van der Waals surface area contributed by atoms with E-state index in [-0.39, 0.29) is 17.8 Å². The smallest absolute Gasteiger partial charge is 0.241 e. The van der Waals surface area contributed by atoms with Crippen LogP contribution in [0.15, 0.2) is 36.7 Å². The first kappa shape index (κ1) is 18.6. The van der Waals surface area contributed by atoms with Gasteiger partial charge in [0.15, 0.2) is 0 Å². The van der Waals surface area contributed by atoms with Crippen LogP contribution in [0.1, 0.15) is 43.1 Å². The van der Waals surface area contributed by atoms with Gasteiger partial charge < -0.3 is 9.88 Å². The van der Waals surface area contributed by atoms with Crippen molar-refractivity contribution >= 4 is 5.91 Å². The van der Waals surface area contributed by atoms with Gasteiger partial charge in [0.05, 0.1) is 0 Å². The highest BCUT2D eigenvalue weighted by atomic mass is 19.1. The number of rotatable bonds is 7. The average molecular weight is 358 g/mol. The molecule has 5 nitrogen and oxygen atoms in total. The quantitative estimate of drug-likeness (QED) is 0.774. The van der Waals surface area contributed by atoms with E-state index in [0.717, 1.165) is 50.3 Å². The maximum absolute atomic E-state index is 13.3. The predicted octanol–water partition coefficient (Wildman–Crippen LogP) is 3.06. The summed E-state index contributed by atoms with van der Waals surface area (Å²) in [4.78, 5) is 19.3. The van der Waals surface area contributed by atoms with Crippen LogP contribution in [0, 0.1) is 12.7 Å². The molecule has 2 heterocycles. The molecule has 0 bridgehead atoms. The van der Waals surface area contributed by atoms with Crippen molar-refractivity contribution < 1.29 is 9.18 Å². The lowest BCUT2D eigenvalue weighted by Crippen LogP contribution is -2.43. The molecular formula is C20H27FN4O. The first-order chi connectivity index (χ1) is 12.6. The molecule has 3 rings (SSSR count). The van der Waals surface area contributed by atoms with Gasteiger partial charge in [-0.2, -0.15) is 0 Å². The van der Waals surface area contributed by atoms with E-state index in [4.69, 9.17) is 0 Å². The Bertz CT molecular complexity index is 707. The third-order valence-electron chi connectivity index (χ3n) is 4.99. The molecule has 1 N–H and O–H groups in total. The number of nitrogens with zero attached hydrogens (tertiary/aromatic N) is 3. The lowest BCUT2D eigenvalue weighted by molar-refractivity contribution is -0.127. The summed E-state index contributed by atoms with van der Waals surface area (Å²) < 4.78 is 15.4. The predicted molar refractivity (Wildman–Crippen MR) is 99.2 cm³/mol. The minimum Gasteiger partial charge on any atom is -0.354 e. The number of aromatic nitrogens is 2. The first-order valence-corrected chi connectivity index (χ1v) is 9.40. The van der Waals surface area contributed by atoms with Gasteiger partial charge in [-0.15, -0.1) is 0 Å². The fourth-order valence-corrected chi connectivity index (χ4v) is 3.55. The number of halogens is 1. The van der Waals surface area contributed by atoms with Crippen molar-refractivity contribution in [1.82, 2.24) is 19.8 Å². The Morgan fingerprint density at radius 2 is 1.96 bits per heavy atom. The van der Waals surface area contributed by atoms with Crippen molar-refractivity contribution in [3.63, 3.8) is 0 Å². The van der Waals surface area contributed by atoms with Crippen LogP contribution in [0.25, 0.3) is 0 Å². The molecule has 1 aliphatic heterocycles. The van der Waals surface area contributed by atoms with Gasteiger partial charge in [0.25, 0.3) is 0 Å². The number of carbonyl (C=O) groups excluding carboxylic acids is 1. The molecular weight excluding hydrogens is 331 g/mol. The number of amides is 1. The van der Waals surface area contributed by atoms with Crippen molar-refractivity contribution in [2.45, 2.75) is 45.2 Å². The number of likely N-dealkylation sites (tertiary alicyclic amines) is 1. The largest absolute Gasteiger partial charge is 0.354 e. The summed E-state index contributed by atoms with van der Waals surface area (Å²) in [5.74, 6) is 0.706. The van der Waals surface area contributed by atoms with E-state index in [1.54, 1.807) is 18.3 Å². The fourth-order valence-electron chi connectivity index (χ4n) is 3.55. The van der Waals surface area contributed by atoms with Crippen molar-refractivity contribution in [1.29, 1.82) is 0 Å². The molecule has 0 radical (unpaired) electrons. The Labute approximate surface area is 154 Å². The number of imidazole rings is 1. The molecule has 6 heteroatoms. The number of nitrogens with one attached hydrogen (secondary N) is 1. The zero-order valence-corrected chi connectivity index (χ0v) is 15.3. The number of aryl methyl sites for hydroxylation is 2. The van der Waals surface area contributed by atoms with Crippen molar-refractivity contribution in [2.24, 2.45) is 0 Å². The second kappa shape index (κ2) is 8.94. The summed E-state index contributed by atoms with van der Waals surface area (Å²) in [6.45, 7) is 5.23. The van der Waals surface area contributed by atoms with E-state index in [9.17, 15) is 9.18 Å². The molecule has 26 heavy (non-hydrogen) atoms. The van der Waals surface area contributed by atoms with Gasteiger partial charge in [0.1, 0.15) is 17.7 Å². The van der Waals surface area contributed by atoms with Crippen LogP contribution in [0.3, 0.4) is 0 Å². The van der Waals surface area contributed by atoms with Crippen molar-refractivity contribution in [3.05, 3.63) is 53.9 Å². The van der Waals surface area contributed by atoms with Crippen LogP contribution in [0.2, 0.25) is 0 Å². The molecule has 0 aliphatic carbocycles. The van der Waals surface area contributed by atoms with Gasteiger partial charge in [-0.25, -0.2) is 9.37 Å². The summed E-state index contributed by atoms with van der Waals surface area (Å²) in [6, 6.07) is 5.97. The van der Waals surface area contributed by atoms with E-state index in [0.29, 0.717) is 6.54 Å². The third kappa shape index (κ3) is 4.69. The highest BCUT2D eigenvalue weighted by molar-refractivity contribution is 5.83. The summed E-state index contributed by atoms with van der Waals surface area (Å²) >= 11 is 0. The topological polar surface area (TPSA) is 50.2 Å². The Morgan fingerprint density at radius 1 is 1.23 bits per heavy atom. The number of benzene rings is 1. The normalized spacial score (nSPS) is 16.4. The van der Waals surface area contributed by atoms with Crippen LogP contribution in [-0.4, -0.2) is 40.0 Å². The monoisotopic (exact) mass is 358 g/mol. The number of carbonyl (C=O) groups is 1. The van der Waals surface area contributed by atoms with Crippen molar-refractivity contribution in [2.75, 3.05) is 19.6 Å². The van der Waals surface area contributed by atoms with Gasteiger partial charge in [0, 0.05) is 25.5 Å². The molecule has 1 fully saturated rings.